The van der Waals surface area contributed by atoms with Crippen LogP contribution in [0.3, 0.4) is 0 Å². The smallest absolute Gasteiger partial charge is 0.346 e. The molecular formula is C27H25NO7. The zero-order chi connectivity index (χ0) is 25.0. The Hall–Kier alpha value is -4.17. The van der Waals surface area contributed by atoms with Gasteiger partial charge in [-0.2, -0.15) is 0 Å². The SMILES string of the molecule is COC(=O)C1(C(=O)OC)C(C(=O)c2ccc(OC)cc2)C(c2ccccc2)ON1c1ccccc1. The van der Waals surface area contributed by atoms with E-state index in [1.54, 1.807) is 78.9 Å². The molecule has 180 valence electrons. The van der Waals surface area contributed by atoms with Gasteiger partial charge in [0.15, 0.2) is 5.78 Å². The van der Waals surface area contributed by atoms with E-state index in [4.69, 9.17) is 19.0 Å². The highest BCUT2D eigenvalue weighted by Crippen LogP contribution is 2.50. The predicted octanol–water partition coefficient (Wildman–Crippen LogP) is 3.77. The minimum absolute atomic E-state index is 0.271. The Kier molecular flexibility index (Phi) is 6.84. The van der Waals surface area contributed by atoms with Gasteiger partial charge in [-0.1, -0.05) is 48.5 Å². The number of ketones is 1. The molecule has 0 aromatic heterocycles. The van der Waals surface area contributed by atoms with E-state index in [0.717, 1.165) is 19.3 Å². The number of carbonyl (C=O) groups is 3. The van der Waals surface area contributed by atoms with Crippen molar-refractivity contribution < 1.29 is 33.4 Å². The van der Waals surface area contributed by atoms with Crippen molar-refractivity contribution in [1.82, 2.24) is 0 Å². The number of hydrogen-bond acceptors (Lipinski definition) is 8. The third-order valence-corrected chi connectivity index (χ3v) is 6.06. The van der Waals surface area contributed by atoms with Gasteiger partial charge in [0.2, 0.25) is 0 Å². The van der Waals surface area contributed by atoms with Crippen LogP contribution in [0.1, 0.15) is 22.0 Å². The molecule has 0 radical (unpaired) electrons. The Morgan fingerprint density at radius 3 is 1.83 bits per heavy atom. The molecule has 3 aromatic rings. The molecule has 0 bridgehead atoms. The van der Waals surface area contributed by atoms with E-state index in [-0.39, 0.29) is 5.56 Å². The number of carbonyl (C=O) groups excluding carboxylic acids is 3. The number of rotatable bonds is 7. The van der Waals surface area contributed by atoms with Crippen LogP contribution in [0.2, 0.25) is 0 Å². The standard InChI is InChI=1S/C27H25NO7/c1-32-21-16-14-18(15-17-21)23(29)22-24(19-10-6-4-7-11-19)35-28(20-12-8-5-9-13-20)27(22,25(30)33-2)26(31)34-3/h4-17,22,24H,1-3H3. The van der Waals surface area contributed by atoms with Gasteiger partial charge < -0.3 is 14.2 Å². The maximum atomic E-state index is 14.1. The predicted molar refractivity (Wildman–Crippen MR) is 127 cm³/mol. The van der Waals surface area contributed by atoms with Crippen molar-refractivity contribution in [1.29, 1.82) is 0 Å². The normalized spacial score (nSPS) is 18.5. The highest BCUT2D eigenvalue weighted by atomic mass is 16.7. The molecule has 2 unspecified atom stereocenters. The van der Waals surface area contributed by atoms with Crippen molar-refractivity contribution in [3.8, 4) is 5.75 Å². The fraction of sp³-hybridized carbons (Fsp3) is 0.222. The summed E-state index contributed by atoms with van der Waals surface area (Å²) in [4.78, 5) is 47.4. The average molecular weight is 475 g/mol. The van der Waals surface area contributed by atoms with E-state index < -0.39 is 35.3 Å². The lowest BCUT2D eigenvalue weighted by Crippen LogP contribution is -2.63. The number of Topliss-reactive ketones (excluding diaryl/α,β-unsaturated/α-hetero) is 1. The van der Waals surface area contributed by atoms with Crippen molar-refractivity contribution in [3.63, 3.8) is 0 Å². The minimum atomic E-state index is -2.25. The average Bonchev–Trinajstić information content (AvgIpc) is 3.29. The number of methoxy groups -OCH3 is 3. The first-order valence-corrected chi connectivity index (χ1v) is 10.9. The number of esters is 2. The van der Waals surface area contributed by atoms with Gasteiger partial charge in [-0.05, 0) is 42.0 Å². The van der Waals surface area contributed by atoms with Crippen molar-refractivity contribution in [2.75, 3.05) is 26.4 Å². The molecule has 35 heavy (non-hydrogen) atoms. The van der Waals surface area contributed by atoms with E-state index in [1.807, 2.05) is 6.07 Å². The maximum Gasteiger partial charge on any atom is 0.346 e. The van der Waals surface area contributed by atoms with E-state index in [2.05, 4.69) is 0 Å². The van der Waals surface area contributed by atoms with Gasteiger partial charge in [-0.3, -0.25) is 9.63 Å². The van der Waals surface area contributed by atoms with E-state index in [0.29, 0.717) is 17.0 Å². The molecule has 4 rings (SSSR count). The summed E-state index contributed by atoms with van der Waals surface area (Å²) in [5, 5.41) is 1.15. The molecule has 8 nitrogen and oxygen atoms in total. The lowest BCUT2D eigenvalue weighted by molar-refractivity contribution is -0.163. The van der Waals surface area contributed by atoms with Gasteiger partial charge >= 0.3 is 11.9 Å². The fourth-order valence-electron chi connectivity index (χ4n) is 4.40. The van der Waals surface area contributed by atoms with E-state index >= 15 is 0 Å². The first-order chi connectivity index (χ1) is 17.0. The first kappa shape index (κ1) is 24.0. The Bertz CT molecular complexity index is 1180. The largest absolute Gasteiger partial charge is 0.497 e. The van der Waals surface area contributed by atoms with Crippen LogP contribution in [-0.4, -0.2) is 44.6 Å². The molecule has 1 saturated heterocycles. The van der Waals surface area contributed by atoms with Crippen LogP contribution in [0.5, 0.6) is 5.75 Å². The number of hydroxylamine groups is 1. The fourth-order valence-corrected chi connectivity index (χ4v) is 4.40. The summed E-state index contributed by atoms with van der Waals surface area (Å²) in [5.41, 5.74) is -0.987. The van der Waals surface area contributed by atoms with Gasteiger partial charge in [0, 0.05) is 5.56 Å². The Morgan fingerprint density at radius 2 is 1.31 bits per heavy atom. The number of anilines is 1. The monoisotopic (exact) mass is 475 g/mol. The molecule has 3 aromatic carbocycles. The molecule has 2 atom stereocenters. The quantitative estimate of drug-likeness (QED) is 0.290. The molecule has 1 heterocycles. The summed E-state index contributed by atoms with van der Waals surface area (Å²) in [7, 11) is 3.83. The zero-order valence-corrected chi connectivity index (χ0v) is 19.5. The van der Waals surface area contributed by atoms with Crippen molar-refractivity contribution in [2.45, 2.75) is 11.6 Å². The number of hydrogen-bond donors (Lipinski definition) is 0. The van der Waals surface area contributed by atoms with E-state index in [1.165, 1.54) is 7.11 Å². The summed E-state index contributed by atoms with van der Waals surface area (Å²) < 4.78 is 15.4. The Morgan fingerprint density at radius 1 is 0.771 bits per heavy atom. The highest BCUT2D eigenvalue weighted by Gasteiger charge is 2.70. The molecule has 8 heteroatoms. The summed E-state index contributed by atoms with van der Waals surface area (Å²) in [6.45, 7) is 0. The van der Waals surface area contributed by atoms with Crippen LogP contribution in [0.4, 0.5) is 5.69 Å². The summed E-state index contributed by atoms with van der Waals surface area (Å²) in [6.07, 6.45) is -0.996. The summed E-state index contributed by atoms with van der Waals surface area (Å²) >= 11 is 0. The molecule has 1 aliphatic heterocycles. The van der Waals surface area contributed by atoms with Crippen molar-refractivity contribution >= 4 is 23.4 Å². The Labute approximate surface area is 202 Å². The molecular weight excluding hydrogens is 450 g/mol. The lowest BCUT2D eigenvalue weighted by atomic mass is 9.74. The number of para-hydroxylation sites is 1. The van der Waals surface area contributed by atoms with E-state index in [9.17, 15) is 14.4 Å². The second-order valence-corrected chi connectivity index (χ2v) is 7.89. The third kappa shape index (κ3) is 4.02. The molecule has 0 aliphatic carbocycles. The van der Waals surface area contributed by atoms with Gasteiger partial charge in [0.25, 0.3) is 5.54 Å². The van der Waals surface area contributed by atoms with Gasteiger partial charge in [0.1, 0.15) is 17.8 Å². The molecule has 0 spiro atoms. The molecule has 1 fully saturated rings. The third-order valence-electron chi connectivity index (χ3n) is 6.06. The van der Waals surface area contributed by atoms with Crippen molar-refractivity contribution in [2.24, 2.45) is 5.92 Å². The second-order valence-electron chi connectivity index (χ2n) is 7.89. The topological polar surface area (TPSA) is 91.4 Å². The number of benzene rings is 3. The van der Waals surface area contributed by atoms with Crippen LogP contribution in [-0.2, 0) is 23.9 Å². The van der Waals surface area contributed by atoms with Crippen LogP contribution < -0.4 is 9.80 Å². The lowest BCUT2D eigenvalue weighted by Gasteiger charge is -2.35. The number of ether oxygens (including phenoxy) is 3. The van der Waals surface area contributed by atoms with Gasteiger partial charge in [-0.15, -0.1) is 0 Å². The van der Waals surface area contributed by atoms with Crippen LogP contribution in [0.25, 0.3) is 0 Å². The maximum absolute atomic E-state index is 14.1. The van der Waals surface area contributed by atoms with Crippen molar-refractivity contribution in [3.05, 3.63) is 96.1 Å². The highest BCUT2D eigenvalue weighted by molar-refractivity contribution is 6.15. The minimum Gasteiger partial charge on any atom is -0.497 e. The second kappa shape index (κ2) is 9.99. The number of nitrogens with zero attached hydrogens (tertiary/aromatic N) is 1. The molecule has 0 saturated carbocycles. The summed E-state index contributed by atoms with van der Waals surface area (Å²) in [5.74, 6) is -3.21. The summed E-state index contributed by atoms with van der Waals surface area (Å²) in [6, 6.07) is 23.9. The Balaban J connectivity index is 1.98. The first-order valence-electron chi connectivity index (χ1n) is 10.9. The molecule has 0 amide bonds. The van der Waals surface area contributed by atoms with Gasteiger partial charge in [-0.25, -0.2) is 14.7 Å². The zero-order valence-electron chi connectivity index (χ0n) is 19.5. The van der Waals surface area contributed by atoms with Crippen LogP contribution in [0, 0.1) is 5.92 Å². The van der Waals surface area contributed by atoms with Gasteiger partial charge in [0.05, 0.1) is 27.0 Å². The van der Waals surface area contributed by atoms with Crippen LogP contribution in [0.15, 0.2) is 84.9 Å². The van der Waals surface area contributed by atoms with Crippen LogP contribution >= 0.6 is 0 Å². The molecule has 0 N–H and O–H groups in total. The molecule has 1 aliphatic rings.